The van der Waals surface area contributed by atoms with Gasteiger partial charge in [0.2, 0.25) is 0 Å². The lowest BCUT2D eigenvalue weighted by atomic mass is 10.2. The predicted octanol–water partition coefficient (Wildman–Crippen LogP) is 2.82. The minimum Gasteiger partial charge on any atom is -0.617 e. The first-order chi connectivity index (χ1) is 11.1. The molecule has 1 aliphatic carbocycles. The van der Waals surface area contributed by atoms with Crippen LogP contribution in [0.2, 0.25) is 0 Å². The van der Waals surface area contributed by atoms with E-state index < -0.39 is 11.2 Å². The lowest BCUT2D eigenvalue weighted by molar-refractivity contribution is 0.571. The fraction of sp³-hybridized carbons (Fsp3) is 0.647. The first-order valence-electron chi connectivity index (χ1n) is 8.46. The van der Waals surface area contributed by atoms with E-state index in [0.29, 0.717) is 5.82 Å². The summed E-state index contributed by atoms with van der Waals surface area (Å²) in [5.74, 6) is 3.28. The summed E-state index contributed by atoms with van der Waals surface area (Å²) in [6.45, 7) is 3.04. The third-order valence-corrected chi connectivity index (χ3v) is 5.41. The van der Waals surface area contributed by atoms with E-state index in [1.807, 2.05) is 6.20 Å². The Labute approximate surface area is 140 Å². The van der Waals surface area contributed by atoms with Crippen molar-refractivity contribution in [2.24, 2.45) is 5.92 Å². The van der Waals surface area contributed by atoms with E-state index in [-0.39, 0.29) is 0 Å². The minimum atomic E-state index is -0.683. The minimum absolute atomic E-state index is 0.530. The Balaban J connectivity index is 1.79. The molecule has 1 fully saturated rings. The molecule has 2 heterocycles. The van der Waals surface area contributed by atoms with E-state index in [9.17, 15) is 4.55 Å². The van der Waals surface area contributed by atoms with Gasteiger partial charge >= 0.3 is 0 Å². The largest absolute Gasteiger partial charge is 0.617 e. The summed E-state index contributed by atoms with van der Waals surface area (Å²) in [6.07, 6.45) is 10.5. The van der Waals surface area contributed by atoms with Gasteiger partial charge in [-0.3, -0.25) is 0 Å². The van der Waals surface area contributed by atoms with E-state index in [2.05, 4.69) is 16.5 Å². The van der Waals surface area contributed by atoms with Crippen LogP contribution in [-0.2, 0) is 24.1 Å². The van der Waals surface area contributed by atoms with Crippen molar-refractivity contribution in [1.82, 2.24) is 14.5 Å². The van der Waals surface area contributed by atoms with E-state index >= 15 is 0 Å². The summed E-state index contributed by atoms with van der Waals surface area (Å²) < 4.78 is 13.5. The number of anilines is 1. The summed E-state index contributed by atoms with van der Waals surface area (Å²) in [4.78, 5) is 9.06. The van der Waals surface area contributed by atoms with Crippen molar-refractivity contribution in [3.05, 3.63) is 17.6 Å². The van der Waals surface area contributed by atoms with Crippen LogP contribution in [0.4, 0.5) is 5.82 Å². The second kappa shape index (κ2) is 7.09. The van der Waals surface area contributed by atoms with Crippen LogP contribution in [0.5, 0.6) is 0 Å². The van der Waals surface area contributed by atoms with Crippen molar-refractivity contribution in [2.75, 3.05) is 17.7 Å². The van der Waals surface area contributed by atoms with Gasteiger partial charge in [0.1, 0.15) is 17.1 Å². The molecule has 2 N–H and O–H groups in total. The summed E-state index contributed by atoms with van der Waals surface area (Å²) in [7, 11) is 0. The van der Waals surface area contributed by atoms with Crippen LogP contribution in [0.25, 0.3) is 11.0 Å². The molecule has 0 amide bonds. The zero-order chi connectivity index (χ0) is 16.4. The monoisotopic (exact) mass is 334 g/mol. The zero-order valence-electron chi connectivity index (χ0n) is 14.0. The Hall–Kier alpha value is -1.27. The van der Waals surface area contributed by atoms with Crippen LogP contribution < -0.4 is 5.73 Å². The van der Waals surface area contributed by atoms with Crippen LogP contribution in [0.15, 0.2) is 6.20 Å². The predicted molar refractivity (Wildman–Crippen MR) is 95.9 cm³/mol. The molecule has 1 unspecified atom stereocenters. The molecule has 0 saturated heterocycles. The number of hydrogen-bond donors (Lipinski definition) is 1. The van der Waals surface area contributed by atoms with Gasteiger partial charge in [0, 0.05) is 19.2 Å². The van der Waals surface area contributed by atoms with Gasteiger partial charge < -0.3 is 14.9 Å². The maximum Gasteiger partial charge on any atom is 0.151 e. The zero-order valence-corrected chi connectivity index (χ0v) is 14.9. The molecule has 1 saturated carbocycles. The number of hydrogen-bond acceptors (Lipinski definition) is 4. The smallest absolute Gasteiger partial charge is 0.151 e. The van der Waals surface area contributed by atoms with Crippen LogP contribution in [0, 0.1) is 12.8 Å². The number of aromatic nitrogens is 3. The molecule has 1 aliphatic rings. The topological polar surface area (TPSA) is 79.8 Å². The van der Waals surface area contributed by atoms with Crippen molar-refractivity contribution in [2.45, 2.75) is 52.0 Å². The van der Waals surface area contributed by atoms with Crippen molar-refractivity contribution < 1.29 is 4.55 Å². The Morgan fingerprint density at radius 1 is 1.35 bits per heavy atom. The van der Waals surface area contributed by atoms with E-state index in [4.69, 9.17) is 10.7 Å². The van der Waals surface area contributed by atoms with E-state index in [1.165, 1.54) is 12.8 Å². The number of nitrogen functional groups attached to an aromatic ring is 1. The van der Waals surface area contributed by atoms with Gasteiger partial charge in [0.25, 0.3) is 0 Å². The number of unbranched alkanes of at least 4 members (excludes halogenated alkanes) is 2. The summed E-state index contributed by atoms with van der Waals surface area (Å²) in [6, 6.07) is 0. The number of aryl methyl sites for hydroxylation is 2. The van der Waals surface area contributed by atoms with Crippen LogP contribution in [0.1, 0.15) is 43.5 Å². The normalized spacial score (nSPS) is 16.1. The molecule has 0 aromatic carbocycles. The Bertz CT molecular complexity index is 679. The SMILES string of the molecule is Cc1cnc(N)c2nc(CC3CC3)n(CCCCC[S+](C)[O-])c12. The van der Waals surface area contributed by atoms with E-state index in [0.717, 1.165) is 66.3 Å². The fourth-order valence-corrected chi connectivity index (χ4v) is 3.71. The van der Waals surface area contributed by atoms with Gasteiger partial charge in [0.05, 0.1) is 11.8 Å². The molecule has 126 valence electrons. The molecule has 5 nitrogen and oxygen atoms in total. The molecule has 0 bridgehead atoms. The van der Waals surface area contributed by atoms with Gasteiger partial charge in [-0.2, -0.15) is 0 Å². The summed E-state index contributed by atoms with van der Waals surface area (Å²) in [5.41, 5.74) is 9.18. The number of fused-ring (bicyclic) bond motifs is 1. The standard InChI is InChI=1S/C17H26N4OS/c1-12-11-19-17(18)15-16(12)21(8-4-3-5-9-23(2)22)14(20-15)10-13-6-7-13/h11,13H,3-10H2,1-2H3,(H2,18,19). The van der Waals surface area contributed by atoms with E-state index in [1.54, 1.807) is 6.26 Å². The van der Waals surface area contributed by atoms with Crippen molar-refractivity contribution in [1.29, 1.82) is 0 Å². The van der Waals surface area contributed by atoms with Gasteiger partial charge in [-0.15, -0.1) is 0 Å². The molecular formula is C17H26N4OS. The maximum absolute atomic E-state index is 11.1. The van der Waals surface area contributed by atoms with Crippen molar-refractivity contribution in [3.63, 3.8) is 0 Å². The highest BCUT2D eigenvalue weighted by Gasteiger charge is 2.25. The van der Waals surface area contributed by atoms with Gasteiger partial charge in [-0.05, 0) is 50.5 Å². The first-order valence-corrected chi connectivity index (χ1v) is 10.2. The molecule has 2 aromatic rings. The lowest BCUT2D eigenvalue weighted by Gasteiger charge is -2.11. The number of pyridine rings is 1. The Morgan fingerprint density at radius 2 is 2.13 bits per heavy atom. The highest BCUT2D eigenvalue weighted by molar-refractivity contribution is 7.90. The van der Waals surface area contributed by atoms with Crippen molar-refractivity contribution in [3.8, 4) is 0 Å². The van der Waals surface area contributed by atoms with Gasteiger partial charge in [-0.25, -0.2) is 9.97 Å². The molecule has 0 aliphatic heterocycles. The third kappa shape index (κ3) is 3.98. The average Bonchev–Trinajstić information content (AvgIpc) is 3.23. The maximum atomic E-state index is 11.1. The highest BCUT2D eigenvalue weighted by Crippen LogP contribution is 2.34. The molecule has 1 atom stereocenters. The number of imidazole rings is 1. The molecule has 3 rings (SSSR count). The second-order valence-electron chi connectivity index (χ2n) is 6.69. The number of nitrogens with zero attached hydrogens (tertiary/aromatic N) is 3. The first kappa shape index (κ1) is 16.6. The molecule has 0 radical (unpaired) electrons. The fourth-order valence-electron chi connectivity index (χ4n) is 3.10. The van der Waals surface area contributed by atoms with Gasteiger partial charge in [-0.1, -0.05) is 11.2 Å². The van der Waals surface area contributed by atoms with Crippen molar-refractivity contribution >= 4 is 28.0 Å². The molecule has 0 spiro atoms. The molecular weight excluding hydrogens is 308 g/mol. The van der Waals surface area contributed by atoms with Gasteiger partial charge in [0.15, 0.2) is 5.82 Å². The Kier molecular flexibility index (Phi) is 5.11. The van der Waals surface area contributed by atoms with Crippen LogP contribution >= 0.6 is 0 Å². The molecule has 6 heteroatoms. The number of rotatable bonds is 8. The quantitative estimate of drug-likeness (QED) is 0.594. The number of nitrogens with two attached hydrogens (primary N) is 1. The van der Waals surface area contributed by atoms with Crippen LogP contribution in [0.3, 0.4) is 0 Å². The third-order valence-electron chi connectivity index (χ3n) is 4.54. The van der Waals surface area contributed by atoms with Crippen LogP contribution in [-0.4, -0.2) is 31.1 Å². The molecule has 23 heavy (non-hydrogen) atoms. The average molecular weight is 334 g/mol. The summed E-state index contributed by atoms with van der Waals surface area (Å²) in [5, 5.41) is 0. The molecule has 2 aromatic heterocycles. The highest BCUT2D eigenvalue weighted by atomic mass is 32.2. The lowest BCUT2D eigenvalue weighted by Crippen LogP contribution is -2.07. The second-order valence-corrected chi connectivity index (χ2v) is 8.24. The Morgan fingerprint density at radius 3 is 2.83 bits per heavy atom. The summed E-state index contributed by atoms with van der Waals surface area (Å²) >= 11 is -0.683.